The zero-order valence-corrected chi connectivity index (χ0v) is 17.0. The van der Waals surface area contributed by atoms with Crippen LogP contribution in [0.5, 0.6) is 11.5 Å². The van der Waals surface area contributed by atoms with Gasteiger partial charge in [0.2, 0.25) is 0 Å². The van der Waals surface area contributed by atoms with Gasteiger partial charge in [0.1, 0.15) is 6.61 Å². The van der Waals surface area contributed by atoms with E-state index in [1.807, 2.05) is 43.3 Å². The Balaban J connectivity index is 1.63. The Morgan fingerprint density at radius 3 is 2.58 bits per heavy atom. The Kier molecular flexibility index (Phi) is 7.61. The quantitative estimate of drug-likeness (QED) is 0.413. The van der Waals surface area contributed by atoms with E-state index in [1.54, 1.807) is 36.4 Å². The molecule has 3 aromatic carbocycles. The van der Waals surface area contributed by atoms with E-state index in [4.69, 9.17) is 9.47 Å². The highest BCUT2D eigenvalue weighted by molar-refractivity contribution is 5.90. The summed E-state index contributed by atoms with van der Waals surface area (Å²) >= 11 is 0. The number of nitrogens with zero attached hydrogens (tertiary/aromatic N) is 2. The molecule has 31 heavy (non-hydrogen) atoms. The molecule has 0 aromatic heterocycles. The maximum absolute atomic E-state index is 11.9. The number of amides is 2. The van der Waals surface area contributed by atoms with Crippen molar-refractivity contribution in [2.75, 3.05) is 11.9 Å². The Bertz CT molecular complexity index is 1090. The number of ether oxygens (including phenoxy) is 2. The summed E-state index contributed by atoms with van der Waals surface area (Å²) in [6, 6.07) is 23.4. The second-order valence-electron chi connectivity index (χ2n) is 6.39. The van der Waals surface area contributed by atoms with Crippen molar-refractivity contribution in [2.45, 2.75) is 13.5 Å². The van der Waals surface area contributed by atoms with E-state index in [2.05, 4.69) is 21.9 Å². The lowest BCUT2D eigenvalue weighted by Crippen LogP contribution is -2.24. The van der Waals surface area contributed by atoms with Gasteiger partial charge in [0.25, 0.3) is 0 Å². The van der Waals surface area contributed by atoms with Gasteiger partial charge in [-0.3, -0.25) is 0 Å². The van der Waals surface area contributed by atoms with E-state index in [-0.39, 0.29) is 6.61 Å². The first kappa shape index (κ1) is 21.4. The number of anilines is 1. The van der Waals surface area contributed by atoms with Crippen molar-refractivity contribution in [2.24, 2.45) is 5.10 Å². The largest absolute Gasteiger partial charge is 0.490 e. The molecule has 0 saturated carbocycles. The minimum Gasteiger partial charge on any atom is -0.490 e. The third-order valence-electron chi connectivity index (χ3n) is 4.20. The fourth-order valence-electron chi connectivity index (χ4n) is 2.75. The zero-order valence-electron chi connectivity index (χ0n) is 17.0. The van der Waals surface area contributed by atoms with Crippen LogP contribution < -0.4 is 20.2 Å². The van der Waals surface area contributed by atoms with Crippen LogP contribution in [-0.4, -0.2) is 18.9 Å². The number of para-hydroxylation sites is 1. The number of hydrogen-bond donors (Lipinski definition) is 2. The summed E-state index contributed by atoms with van der Waals surface area (Å²) in [6.45, 7) is 2.59. The normalized spacial score (nSPS) is 10.3. The molecule has 156 valence electrons. The zero-order chi connectivity index (χ0) is 21.9. The van der Waals surface area contributed by atoms with Crippen LogP contribution in [0.2, 0.25) is 0 Å². The summed E-state index contributed by atoms with van der Waals surface area (Å²) < 4.78 is 11.6. The van der Waals surface area contributed by atoms with Crippen molar-refractivity contribution >= 4 is 17.9 Å². The van der Waals surface area contributed by atoms with E-state index in [9.17, 15) is 10.1 Å². The smallest absolute Gasteiger partial charge is 0.339 e. The van der Waals surface area contributed by atoms with Gasteiger partial charge in [-0.25, -0.2) is 10.2 Å². The van der Waals surface area contributed by atoms with Gasteiger partial charge in [0.05, 0.1) is 24.5 Å². The van der Waals surface area contributed by atoms with Gasteiger partial charge < -0.3 is 14.8 Å². The Morgan fingerprint density at radius 1 is 1.03 bits per heavy atom. The number of urea groups is 1. The molecule has 0 bridgehead atoms. The first-order chi connectivity index (χ1) is 15.2. The number of rotatable bonds is 8. The van der Waals surface area contributed by atoms with E-state index in [1.165, 1.54) is 6.21 Å². The van der Waals surface area contributed by atoms with Gasteiger partial charge >= 0.3 is 6.03 Å². The molecular weight excluding hydrogens is 392 g/mol. The number of benzene rings is 3. The van der Waals surface area contributed by atoms with Crippen molar-refractivity contribution < 1.29 is 14.3 Å². The molecule has 0 atom stereocenters. The molecule has 0 spiro atoms. The lowest BCUT2D eigenvalue weighted by atomic mass is 10.1. The maximum atomic E-state index is 11.9. The van der Waals surface area contributed by atoms with Crippen molar-refractivity contribution in [3.8, 4) is 17.6 Å². The van der Waals surface area contributed by atoms with E-state index >= 15 is 0 Å². The van der Waals surface area contributed by atoms with Gasteiger partial charge in [0, 0.05) is 11.3 Å². The molecule has 0 radical (unpaired) electrons. The summed E-state index contributed by atoms with van der Waals surface area (Å²) in [4.78, 5) is 11.9. The number of nitrogens with one attached hydrogen (secondary N) is 2. The lowest BCUT2D eigenvalue weighted by Gasteiger charge is -2.13. The van der Waals surface area contributed by atoms with E-state index in [0.29, 0.717) is 29.4 Å². The maximum Gasteiger partial charge on any atom is 0.339 e. The molecule has 2 amide bonds. The van der Waals surface area contributed by atoms with Gasteiger partial charge in [-0.1, -0.05) is 36.4 Å². The van der Waals surface area contributed by atoms with Crippen LogP contribution in [-0.2, 0) is 6.61 Å². The van der Waals surface area contributed by atoms with Gasteiger partial charge in [-0.2, -0.15) is 10.4 Å². The highest BCUT2D eigenvalue weighted by atomic mass is 16.5. The number of carbonyl (C=O) groups excluding carboxylic acids is 1. The lowest BCUT2D eigenvalue weighted by molar-refractivity contribution is 0.252. The van der Waals surface area contributed by atoms with Gasteiger partial charge in [0.15, 0.2) is 11.5 Å². The van der Waals surface area contributed by atoms with Gasteiger partial charge in [-0.15, -0.1) is 0 Å². The third-order valence-corrected chi connectivity index (χ3v) is 4.20. The molecule has 0 aliphatic carbocycles. The molecule has 0 aliphatic heterocycles. The first-order valence-electron chi connectivity index (χ1n) is 9.72. The molecule has 0 heterocycles. The van der Waals surface area contributed by atoms with Crippen molar-refractivity contribution in [3.05, 3.63) is 89.5 Å². The number of nitriles is 1. The second-order valence-corrected chi connectivity index (χ2v) is 6.39. The first-order valence-corrected chi connectivity index (χ1v) is 9.72. The Labute approximate surface area is 180 Å². The predicted molar refractivity (Wildman–Crippen MR) is 119 cm³/mol. The molecule has 3 aromatic rings. The molecule has 7 heteroatoms. The Hall–Kier alpha value is -4.31. The topological polar surface area (TPSA) is 95.7 Å². The fraction of sp³-hybridized carbons (Fsp3) is 0.125. The fourth-order valence-corrected chi connectivity index (χ4v) is 2.75. The average molecular weight is 414 g/mol. The van der Waals surface area contributed by atoms with Gasteiger partial charge in [-0.05, 0) is 48.9 Å². The van der Waals surface area contributed by atoms with E-state index < -0.39 is 6.03 Å². The number of carbonyl (C=O) groups is 1. The highest BCUT2D eigenvalue weighted by Crippen LogP contribution is 2.29. The third kappa shape index (κ3) is 6.34. The monoisotopic (exact) mass is 414 g/mol. The summed E-state index contributed by atoms with van der Waals surface area (Å²) in [7, 11) is 0. The summed E-state index contributed by atoms with van der Waals surface area (Å²) in [5.74, 6) is 1.11. The Morgan fingerprint density at radius 2 is 1.81 bits per heavy atom. The molecule has 2 N–H and O–H groups in total. The van der Waals surface area contributed by atoms with Crippen molar-refractivity contribution in [3.63, 3.8) is 0 Å². The SMILES string of the molecule is CCOc1cc(/C=N/NC(=O)Nc2ccccc2)ccc1OCc1ccccc1C#N. The molecule has 0 unspecified atom stereocenters. The van der Waals surface area contributed by atoms with Crippen LogP contribution >= 0.6 is 0 Å². The predicted octanol–water partition coefficient (Wildman–Crippen LogP) is 4.69. The van der Waals surface area contributed by atoms with Crippen LogP contribution in [0.1, 0.15) is 23.6 Å². The molecular formula is C24H22N4O3. The summed E-state index contributed by atoms with van der Waals surface area (Å²) in [5.41, 5.74) is 5.20. The summed E-state index contributed by atoms with van der Waals surface area (Å²) in [6.07, 6.45) is 1.52. The van der Waals surface area contributed by atoms with Crippen LogP contribution in [0.4, 0.5) is 10.5 Å². The average Bonchev–Trinajstić information content (AvgIpc) is 2.79. The van der Waals surface area contributed by atoms with Crippen molar-refractivity contribution in [1.82, 2.24) is 5.43 Å². The molecule has 0 aliphatic rings. The molecule has 3 rings (SSSR count). The van der Waals surface area contributed by atoms with Crippen molar-refractivity contribution in [1.29, 1.82) is 5.26 Å². The van der Waals surface area contributed by atoms with Crippen LogP contribution in [0.3, 0.4) is 0 Å². The van der Waals surface area contributed by atoms with E-state index in [0.717, 1.165) is 11.1 Å². The van der Waals surface area contributed by atoms with Crippen LogP contribution in [0.15, 0.2) is 77.9 Å². The number of hydrazone groups is 1. The molecule has 0 fully saturated rings. The number of hydrogen-bond acceptors (Lipinski definition) is 5. The summed E-state index contributed by atoms with van der Waals surface area (Å²) in [5, 5.41) is 15.9. The van der Waals surface area contributed by atoms with Crippen LogP contribution in [0.25, 0.3) is 0 Å². The second kappa shape index (κ2) is 11.0. The minimum absolute atomic E-state index is 0.248. The van der Waals surface area contributed by atoms with Crippen LogP contribution in [0, 0.1) is 11.3 Å². The highest BCUT2D eigenvalue weighted by Gasteiger charge is 2.08. The molecule has 0 saturated heterocycles. The minimum atomic E-state index is -0.441. The molecule has 7 nitrogen and oxygen atoms in total. The standard InChI is InChI=1S/C24H22N4O3/c1-2-30-23-14-18(16-26-28-24(29)27-21-10-4-3-5-11-21)12-13-22(23)31-17-20-9-7-6-8-19(20)15-25/h3-14,16H,2,17H2,1H3,(H2,27,28,29)/b26-16+.